The second kappa shape index (κ2) is 9.40. The fraction of sp³-hybridized carbons (Fsp3) is 0.391. The van der Waals surface area contributed by atoms with Gasteiger partial charge in [-0.25, -0.2) is 18.7 Å². The minimum atomic E-state index is -4.22. The molecule has 1 aliphatic heterocycles. The monoisotopic (exact) mass is 476 g/mol. The van der Waals surface area contributed by atoms with Gasteiger partial charge in [0.25, 0.3) is 5.91 Å². The summed E-state index contributed by atoms with van der Waals surface area (Å²) in [5.41, 5.74) is 0.796. The van der Waals surface area contributed by atoms with E-state index in [4.69, 9.17) is 9.47 Å². The van der Waals surface area contributed by atoms with E-state index in [1.807, 2.05) is 18.2 Å². The van der Waals surface area contributed by atoms with Crippen molar-refractivity contribution in [3.63, 3.8) is 0 Å². The molecule has 2 N–H and O–H groups in total. The number of benzene rings is 2. The van der Waals surface area contributed by atoms with Crippen LogP contribution in [0.2, 0.25) is 0 Å². The zero-order valence-corrected chi connectivity index (χ0v) is 19.6. The number of amides is 2. The van der Waals surface area contributed by atoms with E-state index >= 15 is 0 Å². The summed E-state index contributed by atoms with van der Waals surface area (Å²) in [4.78, 5) is 26.3. The van der Waals surface area contributed by atoms with Crippen LogP contribution in [0.5, 0.6) is 11.5 Å². The van der Waals surface area contributed by atoms with Gasteiger partial charge in [0, 0.05) is 13.1 Å². The van der Waals surface area contributed by atoms with E-state index in [1.165, 1.54) is 34.6 Å². The molecule has 1 fully saturated rings. The number of ether oxygens (including phenoxy) is 2. The minimum absolute atomic E-state index is 0.0171. The smallest absolute Gasteiger partial charge is 0.410 e. The molecule has 0 aromatic heterocycles. The molecule has 0 spiro atoms. The maximum Gasteiger partial charge on any atom is 0.410 e. The summed E-state index contributed by atoms with van der Waals surface area (Å²) in [5, 5.41) is 9.31. The molecule has 3 rings (SSSR count). The molecule has 2 amide bonds. The Bertz CT molecular complexity index is 1090. The molecule has 1 heterocycles. The lowest BCUT2D eigenvalue weighted by Gasteiger charge is -2.39. The van der Waals surface area contributed by atoms with Crippen LogP contribution in [0, 0.1) is 0 Å². The Labute approximate surface area is 193 Å². The highest BCUT2D eigenvalue weighted by atomic mass is 32.2. The minimum Gasteiger partial charge on any atom is -0.457 e. The molecular weight excluding hydrogens is 448 g/mol. The van der Waals surface area contributed by atoms with Gasteiger partial charge < -0.3 is 14.4 Å². The SMILES string of the molecule is CC(C)(C)OC(=O)N1CCC(C(=O)NO)(S(=O)(=O)c2ccc(Oc3ccccc3)cc2)CC1. The number of likely N-dealkylation sites (tertiary alicyclic amines) is 1. The predicted molar refractivity (Wildman–Crippen MR) is 120 cm³/mol. The molecule has 0 bridgehead atoms. The number of hydroxylamine groups is 1. The number of hydrogen-bond donors (Lipinski definition) is 2. The Morgan fingerprint density at radius 3 is 2.03 bits per heavy atom. The molecule has 178 valence electrons. The Morgan fingerprint density at radius 2 is 1.52 bits per heavy atom. The first kappa shape index (κ1) is 24.5. The Hall–Kier alpha value is -3.11. The molecule has 9 nitrogen and oxygen atoms in total. The number of nitrogens with zero attached hydrogens (tertiary/aromatic N) is 1. The van der Waals surface area contributed by atoms with E-state index in [1.54, 1.807) is 32.9 Å². The lowest BCUT2D eigenvalue weighted by molar-refractivity contribution is -0.133. The van der Waals surface area contributed by atoms with Gasteiger partial charge in [-0.2, -0.15) is 0 Å². The van der Waals surface area contributed by atoms with Crippen molar-refractivity contribution in [1.82, 2.24) is 10.4 Å². The summed E-state index contributed by atoms with van der Waals surface area (Å²) in [6.07, 6.45) is -0.966. The van der Waals surface area contributed by atoms with Crippen LogP contribution in [0.25, 0.3) is 0 Å². The summed E-state index contributed by atoms with van der Waals surface area (Å²) in [6, 6.07) is 14.7. The summed E-state index contributed by atoms with van der Waals surface area (Å²) in [5.74, 6) is -0.00439. The summed E-state index contributed by atoms with van der Waals surface area (Å²) >= 11 is 0. The quantitative estimate of drug-likeness (QED) is 0.500. The van der Waals surface area contributed by atoms with Crippen molar-refractivity contribution >= 4 is 21.8 Å². The van der Waals surface area contributed by atoms with E-state index in [0.717, 1.165) is 0 Å². The van der Waals surface area contributed by atoms with Crippen molar-refractivity contribution in [3.05, 3.63) is 54.6 Å². The molecule has 0 atom stereocenters. The highest BCUT2D eigenvalue weighted by molar-refractivity contribution is 7.93. The van der Waals surface area contributed by atoms with Crippen molar-refractivity contribution < 1.29 is 32.7 Å². The number of para-hydroxylation sites is 1. The highest BCUT2D eigenvalue weighted by Gasteiger charge is 2.53. The van der Waals surface area contributed by atoms with Crippen molar-refractivity contribution in [1.29, 1.82) is 0 Å². The van der Waals surface area contributed by atoms with Crippen molar-refractivity contribution in [2.45, 2.75) is 48.9 Å². The molecular formula is C23H28N2O7S. The Kier molecular flexibility index (Phi) is 6.99. The van der Waals surface area contributed by atoms with Gasteiger partial charge in [0.1, 0.15) is 17.1 Å². The van der Waals surface area contributed by atoms with Gasteiger partial charge in [0.15, 0.2) is 14.6 Å². The van der Waals surface area contributed by atoms with E-state index in [2.05, 4.69) is 0 Å². The van der Waals surface area contributed by atoms with Crippen LogP contribution in [-0.4, -0.2) is 54.0 Å². The molecule has 0 saturated carbocycles. The van der Waals surface area contributed by atoms with Crippen molar-refractivity contribution in [2.75, 3.05) is 13.1 Å². The van der Waals surface area contributed by atoms with Crippen LogP contribution in [0.1, 0.15) is 33.6 Å². The van der Waals surface area contributed by atoms with Gasteiger partial charge in [-0.05, 0) is 70.0 Å². The first-order chi connectivity index (χ1) is 15.5. The second-order valence-corrected chi connectivity index (χ2v) is 11.1. The second-order valence-electron chi connectivity index (χ2n) is 8.79. The molecule has 2 aromatic rings. The third-order valence-electron chi connectivity index (χ3n) is 5.37. The third-order valence-corrected chi connectivity index (χ3v) is 7.88. The first-order valence-corrected chi connectivity index (χ1v) is 12.0. The first-order valence-electron chi connectivity index (χ1n) is 10.5. The average Bonchev–Trinajstić information content (AvgIpc) is 2.78. The van der Waals surface area contributed by atoms with Crippen LogP contribution in [-0.2, 0) is 19.4 Å². The van der Waals surface area contributed by atoms with Gasteiger partial charge in [-0.15, -0.1) is 0 Å². The highest BCUT2D eigenvalue weighted by Crippen LogP contribution is 2.37. The van der Waals surface area contributed by atoms with Gasteiger partial charge in [0.05, 0.1) is 4.90 Å². The van der Waals surface area contributed by atoms with Gasteiger partial charge in [-0.3, -0.25) is 10.0 Å². The fourth-order valence-electron chi connectivity index (χ4n) is 3.63. The van der Waals surface area contributed by atoms with Crippen molar-refractivity contribution in [2.24, 2.45) is 0 Å². The van der Waals surface area contributed by atoms with Gasteiger partial charge in [-0.1, -0.05) is 18.2 Å². The van der Waals surface area contributed by atoms with Crippen LogP contribution >= 0.6 is 0 Å². The van der Waals surface area contributed by atoms with Crippen LogP contribution < -0.4 is 10.2 Å². The number of piperidine rings is 1. The zero-order chi connectivity index (χ0) is 24.3. The van der Waals surface area contributed by atoms with Crippen molar-refractivity contribution in [3.8, 4) is 11.5 Å². The number of hydrogen-bond acceptors (Lipinski definition) is 7. The van der Waals surface area contributed by atoms with E-state index in [0.29, 0.717) is 11.5 Å². The molecule has 10 heteroatoms. The number of sulfone groups is 1. The molecule has 0 aliphatic carbocycles. The summed E-state index contributed by atoms with van der Waals surface area (Å²) in [6.45, 7) is 5.16. The van der Waals surface area contributed by atoms with Gasteiger partial charge >= 0.3 is 6.09 Å². The topological polar surface area (TPSA) is 122 Å². The number of rotatable bonds is 5. The van der Waals surface area contributed by atoms with Gasteiger partial charge in [0.2, 0.25) is 0 Å². The lowest BCUT2D eigenvalue weighted by Crippen LogP contribution is -2.58. The molecule has 2 aromatic carbocycles. The van der Waals surface area contributed by atoms with Crippen LogP contribution in [0.15, 0.2) is 59.5 Å². The number of carbonyl (C=O) groups excluding carboxylic acids is 2. The molecule has 1 saturated heterocycles. The normalized spacial score (nSPS) is 16.1. The zero-order valence-electron chi connectivity index (χ0n) is 18.8. The molecule has 0 unspecified atom stereocenters. The molecule has 1 aliphatic rings. The average molecular weight is 477 g/mol. The van der Waals surface area contributed by atoms with E-state index < -0.39 is 32.2 Å². The largest absolute Gasteiger partial charge is 0.457 e. The third kappa shape index (κ3) is 5.28. The number of nitrogens with one attached hydrogen (secondary N) is 1. The maximum absolute atomic E-state index is 13.5. The van der Waals surface area contributed by atoms with Crippen LogP contribution in [0.4, 0.5) is 4.79 Å². The standard InChI is InChI=1S/C23H28N2O7S/c1-22(2,3)32-21(27)25-15-13-23(14-16-25,20(26)24-28)33(29,30)19-11-9-18(10-12-19)31-17-7-5-4-6-8-17/h4-12,28H,13-16H2,1-3H3,(H,24,26). The Morgan fingerprint density at radius 1 is 0.970 bits per heavy atom. The number of carbonyl (C=O) groups is 2. The Balaban J connectivity index is 1.82. The molecule has 0 radical (unpaired) electrons. The van der Waals surface area contributed by atoms with Crippen LogP contribution in [0.3, 0.4) is 0 Å². The summed E-state index contributed by atoms with van der Waals surface area (Å²) in [7, 11) is -4.22. The van der Waals surface area contributed by atoms with E-state index in [-0.39, 0.29) is 30.8 Å². The maximum atomic E-state index is 13.5. The summed E-state index contributed by atoms with van der Waals surface area (Å²) < 4.78 is 36.2. The lowest BCUT2D eigenvalue weighted by atomic mass is 9.95. The van der Waals surface area contributed by atoms with E-state index in [9.17, 15) is 23.2 Å². The molecule has 33 heavy (non-hydrogen) atoms. The predicted octanol–water partition coefficient (Wildman–Crippen LogP) is 3.53. The fourth-order valence-corrected chi connectivity index (χ4v) is 5.59.